The molecule has 1 aliphatic rings. The second-order valence-corrected chi connectivity index (χ2v) is 5.81. The van der Waals surface area contributed by atoms with Crippen molar-refractivity contribution in [2.24, 2.45) is 0 Å². The van der Waals surface area contributed by atoms with Crippen molar-refractivity contribution in [3.05, 3.63) is 54.4 Å². The number of benzene rings is 1. The number of methoxy groups -OCH3 is 2. The summed E-state index contributed by atoms with van der Waals surface area (Å²) in [7, 11) is 3.26. The summed E-state index contributed by atoms with van der Waals surface area (Å²) < 4.78 is 16.7. The third kappa shape index (κ3) is 2.79. The molecule has 132 valence electrons. The summed E-state index contributed by atoms with van der Waals surface area (Å²) in [6.45, 7) is 0.627. The van der Waals surface area contributed by atoms with Gasteiger partial charge < -0.3 is 19.5 Å². The van der Waals surface area contributed by atoms with Crippen molar-refractivity contribution in [3.63, 3.8) is 0 Å². The van der Waals surface area contributed by atoms with Gasteiger partial charge in [0.15, 0.2) is 11.6 Å². The highest BCUT2D eigenvalue weighted by Crippen LogP contribution is 2.42. The molecule has 0 spiro atoms. The van der Waals surface area contributed by atoms with Crippen LogP contribution >= 0.6 is 0 Å². The number of nitrogens with zero attached hydrogens (tertiary/aromatic N) is 2. The molecule has 6 heteroatoms. The summed E-state index contributed by atoms with van der Waals surface area (Å²) in [5, 5.41) is 3.28. The van der Waals surface area contributed by atoms with Crippen molar-refractivity contribution in [2.45, 2.75) is 6.42 Å². The Hall–Kier alpha value is -3.28. The average molecular weight is 349 g/mol. The van der Waals surface area contributed by atoms with Crippen LogP contribution in [0.3, 0.4) is 0 Å². The lowest BCUT2D eigenvalue weighted by molar-refractivity contribution is 0.357. The van der Waals surface area contributed by atoms with Gasteiger partial charge in [0.25, 0.3) is 0 Å². The lowest BCUT2D eigenvalue weighted by Gasteiger charge is -2.15. The Morgan fingerprint density at radius 2 is 1.88 bits per heavy atom. The SMILES string of the molecule is COc1ccccc1-c1cnc(Nc2cccnc2OC)c2c1CCO2. The van der Waals surface area contributed by atoms with Crippen LogP contribution in [0.4, 0.5) is 11.5 Å². The number of nitrogens with one attached hydrogen (secondary N) is 1. The third-order valence-corrected chi connectivity index (χ3v) is 4.35. The van der Waals surface area contributed by atoms with Crippen LogP contribution in [0.2, 0.25) is 0 Å². The van der Waals surface area contributed by atoms with Gasteiger partial charge >= 0.3 is 0 Å². The van der Waals surface area contributed by atoms with Crippen LogP contribution in [-0.4, -0.2) is 30.8 Å². The van der Waals surface area contributed by atoms with Gasteiger partial charge in [0.2, 0.25) is 5.88 Å². The molecule has 1 aliphatic heterocycles. The van der Waals surface area contributed by atoms with Crippen LogP contribution in [0.1, 0.15) is 5.56 Å². The topological polar surface area (TPSA) is 65.5 Å². The molecule has 0 saturated carbocycles. The summed E-state index contributed by atoms with van der Waals surface area (Å²) in [6, 6.07) is 11.7. The molecule has 0 bridgehead atoms. The normalized spacial score (nSPS) is 12.2. The minimum absolute atomic E-state index is 0.509. The largest absolute Gasteiger partial charge is 0.496 e. The Kier molecular flexibility index (Phi) is 4.31. The first-order valence-corrected chi connectivity index (χ1v) is 8.36. The van der Waals surface area contributed by atoms with E-state index in [1.165, 1.54) is 0 Å². The maximum absolute atomic E-state index is 5.88. The highest BCUT2D eigenvalue weighted by molar-refractivity contribution is 5.79. The van der Waals surface area contributed by atoms with Gasteiger partial charge in [0.1, 0.15) is 11.4 Å². The molecule has 3 heterocycles. The van der Waals surface area contributed by atoms with Crippen LogP contribution in [0.5, 0.6) is 17.4 Å². The van der Waals surface area contributed by atoms with Crippen LogP contribution in [0.15, 0.2) is 48.8 Å². The molecule has 6 nitrogen and oxygen atoms in total. The molecule has 0 radical (unpaired) electrons. The highest BCUT2D eigenvalue weighted by atomic mass is 16.5. The Balaban J connectivity index is 1.77. The molecule has 4 rings (SSSR count). The second-order valence-electron chi connectivity index (χ2n) is 5.81. The molecule has 1 N–H and O–H groups in total. The molecule has 1 aromatic carbocycles. The third-order valence-electron chi connectivity index (χ3n) is 4.35. The van der Waals surface area contributed by atoms with Crippen molar-refractivity contribution in [1.29, 1.82) is 0 Å². The van der Waals surface area contributed by atoms with Gasteiger partial charge in [-0.15, -0.1) is 0 Å². The number of rotatable bonds is 5. The Morgan fingerprint density at radius 3 is 2.73 bits per heavy atom. The first-order valence-electron chi connectivity index (χ1n) is 8.36. The predicted octanol–water partition coefficient (Wildman–Crippen LogP) is 3.84. The summed E-state index contributed by atoms with van der Waals surface area (Å²) in [6.07, 6.45) is 4.36. The monoisotopic (exact) mass is 349 g/mol. The minimum atomic E-state index is 0.509. The minimum Gasteiger partial charge on any atom is -0.496 e. The molecule has 2 aromatic heterocycles. The zero-order chi connectivity index (χ0) is 17.9. The summed E-state index contributed by atoms with van der Waals surface area (Å²) in [5.41, 5.74) is 3.90. The van der Waals surface area contributed by atoms with Gasteiger partial charge in [-0.25, -0.2) is 9.97 Å². The van der Waals surface area contributed by atoms with E-state index in [-0.39, 0.29) is 0 Å². The number of pyridine rings is 2. The molecule has 3 aromatic rings. The van der Waals surface area contributed by atoms with Crippen molar-refractivity contribution in [3.8, 4) is 28.5 Å². The van der Waals surface area contributed by atoms with E-state index >= 15 is 0 Å². The van der Waals surface area contributed by atoms with E-state index in [0.717, 1.165) is 40.3 Å². The number of para-hydroxylation sites is 1. The van der Waals surface area contributed by atoms with E-state index in [4.69, 9.17) is 14.2 Å². The summed E-state index contributed by atoms with van der Waals surface area (Å²) in [4.78, 5) is 8.80. The predicted molar refractivity (Wildman–Crippen MR) is 99.5 cm³/mol. The second kappa shape index (κ2) is 6.92. The number of hydrogen-bond donors (Lipinski definition) is 1. The van der Waals surface area contributed by atoms with Crippen molar-refractivity contribution in [1.82, 2.24) is 9.97 Å². The Labute approximate surface area is 151 Å². The maximum Gasteiger partial charge on any atom is 0.237 e. The first kappa shape index (κ1) is 16.2. The number of anilines is 2. The molecule has 0 saturated heterocycles. The number of ether oxygens (including phenoxy) is 3. The van der Waals surface area contributed by atoms with Gasteiger partial charge in [-0.05, 0) is 18.2 Å². The molecule has 0 aliphatic carbocycles. The van der Waals surface area contributed by atoms with E-state index in [1.54, 1.807) is 20.4 Å². The zero-order valence-electron chi connectivity index (χ0n) is 14.7. The lowest BCUT2D eigenvalue weighted by Crippen LogP contribution is -2.01. The van der Waals surface area contributed by atoms with Gasteiger partial charge in [-0.1, -0.05) is 18.2 Å². The van der Waals surface area contributed by atoms with Crippen molar-refractivity contribution >= 4 is 11.5 Å². The number of hydrogen-bond acceptors (Lipinski definition) is 6. The van der Waals surface area contributed by atoms with Crippen LogP contribution in [0, 0.1) is 0 Å². The Bertz CT molecular complexity index is 943. The molecular formula is C20H19N3O3. The van der Waals surface area contributed by atoms with Crippen LogP contribution in [-0.2, 0) is 6.42 Å². The fourth-order valence-corrected chi connectivity index (χ4v) is 3.15. The van der Waals surface area contributed by atoms with Crippen molar-refractivity contribution < 1.29 is 14.2 Å². The van der Waals surface area contributed by atoms with E-state index in [0.29, 0.717) is 18.3 Å². The van der Waals surface area contributed by atoms with Crippen LogP contribution < -0.4 is 19.5 Å². The van der Waals surface area contributed by atoms with Crippen LogP contribution in [0.25, 0.3) is 11.1 Å². The van der Waals surface area contributed by atoms with Crippen molar-refractivity contribution in [2.75, 3.05) is 26.1 Å². The smallest absolute Gasteiger partial charge is 0.237 e. The lowest BCUT2D eigenvalue weighted by atomic mass is 9.99. The number of fused-ring (bicyclic) bond motifs is 1. The average Bonchev–Trinajstić information content (AvgIpc) is 3.19. The fourth-order valence-electron chi connectivity index (χ4n) is 3.15. The van der Waals surface area contributed by atoms with E-state index < -0.39 is 0 Å². The molecule has 0 atom stereocenters. The van der Waals surface area contributed by atoms with E-state index in [2.05, 4.69) is 15.3 Å². The van der Waals surface area contributed by atoms with E-state index in [1.807, 2.05) is 42.6 Å². The number of aromatic nitrogens is 2. The standard InChI is InChI=1S/C20H19N3O3/c1-24-17-8-4-3-6-13(17)15-12-22-19(18-14(15)9-11-26-18)23-16-7-5-10-21-20(16)25-2/h3-8,10,12H,9,11H2,1-2H3,(H,22,23). The highest BCUT2D eigenvalue weighted by Gasteiger charge is 2.24. The molecule has 0 fully saturated rings. The van der Waals surface area contributed by atoms with Gasteiger partial charge in [0, 0.05) is 35.5 Å². The molecule has 0 amide bonds. The van der Waals surface area contributed by atoms with Gasteiger partial charge in [-0.2, -0.15) is 0 Å². The fraction of sp³-hybridized carbons (Fsp3) is 0.200. The summed E-state index contributed by atoms with van der Waals surface area (Å²) >= 11 is 0. The maximum atomic E-state index is 5.88. The molecule has 0 unspecified atom stereocenters. The quantitative estimate of drug-likeness (QED) is 0.755. The van der Waals surface area contributed by atoms with Gasteiger partial charge in [0.05, 0.1) is 20.8 Å². The molecular weight excluding hydrogens is 330 g/mol. The first-order chi connectivity index (χ1) is 12.8. The summed E-state index contributed by atoms with van der Waals surface area (Å²) in [5.74, 6) is 2.75. The zero-order valence-corrected chi connectivity index (χ0v) is 14.7. The Morgan fingerprint density at radius 1 is 1.00 bits per heavy atom. The van der Waals surface area contributed by atoms with E-state index in [9.17, 15) is 0 Å². The van der Waals surface area contributed by atoms with Gasteiger partial charge in [-0.3, -0.25) is 0 Å². The molecule has 26 heavy (non-hydrogen) atoms.